The summed E-state index contributed by atoms with van der Waals surface area (Å²) in [6.07, 6.45) is 2.12. The summed E-state index contributed by atoms with van der Waals surface area (Å²) >= 11 is 0. The number of carbonyl (C=O) groups excluding carboxylic acids is 1. The van der Waals surface area contributed by atoms with Crippen molar-refractivity contribution in [1.82, 2.24) is 5.32 Å². The quantitative estimate of drug-likeness (QED) is 0.874. The summed E-state index contributed by atoms with van der Waals surface area (Å²) in [6.45, 7) is -0.122. The molecule has 2 N–H and O–H groups in total. The van der Waals surface area contributed by atoms with Gasteiger partial charge in [0.25, 0.3) is 5.91 Å². The van der Waals surface area contributed by atoms with Gasteiger partial charge in [-0.2, -0.15) is 0 Å². The maximum atomic E-state index is 11.6. The lowest BCUT2D eigenvalue weighted by molar-refractivity contribution is -0.123. The van der Waals surface area contributed by atoms with Crippen LogP contribution in [0.5, 0.6) is 5.75 Å². The maximum Gasteiger partial charge on any atom is 0.258 e. The smallest absolute Gasteiger partial charge is 0.258 e. The Morgan fingerprint density at radius 3 is 2.80 bits per heavy atom. The third kappa shape index (κ3) is 2.75. The lowest BCUT2D eigenvalue weighted by Crippen LogP contribution is -2.30. The van der Waals surface area contributed by atoms with Gasteiger partial charge >= 0.3 is 0 Å². The minimum absolute atomic E-state index is 0.0121. The summed E-state index contributed by atoms with van der Waals surface area (Å²) in [4.78, 5) is 11.6. The van der Waals surface area contributed by atoms with Crippen LogP contribution in [0.4, 0.5) is 0 Å². The molecular formula is C16H17NO3. The van der Waals surface area contributed by atoms with E-state index in [1.54, 1.807) is 6.07 Å². The number of fused-ring (bicyclic) bond motifs is 1. The van der Waals surface area contributed by atoms with Crippen molar-refractivity contribution in [3.63, 3.8) is 0 Å². The van der Waals surface area contributed by atoms with Crippen LogP contribution in [-0.4, -0.2) is 23.7 Å². The molecule has 2 aromatic carbocycles. The fraction of sp³-hybridized carbons (Fsp3) is 0.312. The molecule has 4 nitrogen and oxygen atoms in total. The van der Waals surface area contributed by atoms with Gasteiger partial charge in [-0.3, -0.25) is 4.79 Å². The summed E-state index contributed by atoms with van der Waals surface area (Å²) in [5, 5.41) is 14.4. The molecule has 3 rings (SSSR count). The number of hydrogen-bond donors (Lipinski definition) is 2. The van der Waals surface area contributed by atoms with Crippen molar-refractivity contribution in [3.8, 4) is 5.75 Å². The molecular weight excluding hydrogens is 254 g/mol. The van der Waals surface area contributed by atoms with E-state index in [1.165, 1.54) is 0 Å². The number of ether oxygens (including phenoxy) is 1. The zero-order valence-electron chi connectivity index (χ0n) is 11.1. The average molecular weight is 271 g/mol. The molecule has 1 fully saturated rings. The van der Waals surface area contributed by atoms with Gasteiger partial charge in [0.2, 0.25) is 0 Å². The van der Waals surface area contributed by atoms with E-state index >= 15 is 0 Å². The Hall–Kier alpha value is -2.07. The zero-order chi connectivity index (χ0) is 13.9. The molecule has 0 heterocycles. The van der Waals surface area contributed by atoms with Crippen LogP contribution >= 0.6 is 0 Å². The SMILES string of the molecule is O=C(COc1ccc2ccccc2c1CO)NC1CC1. The number of aliphatic hydroxyl groups is 1. The lowest BCUT2D eigenvalue weighted by Gasteiger charge is -2.12. The van der Waals surface area contributed by atoms with Gasteiger partial charge < -0.3 is 15.2 Å². The van der Waals surface area contributed by atoms with Crippen LogP contribution in [0, 0.1) is 0 Å². The van der Waals surface area contributed by atoms with Crippen LogP contribution in [-0.2, 0) is 11.4 Å². The Kier molecular flexibility index (Phi) is 3.56. The van der Waals surface area contributed by atoms with Crippen molar-refractivity contribution in [2.75, 3.05) is 6.61 Å². The molecule has 0 aliphatic heterocycles. The first-order valence-electron chi connectivity index (χ1n) is 6.81. The second-order valence-corrected chi connectivity index (χ2v) is 5.05. The number of carbonyl (C=O) groups is 1. The fourth-order valence-corrected chi connectivity index (χ4v) is 2.25. The van der Waals surface area contributed by atoms with Gasteiger partial charge in [0, 0.05) is 11.6 Å². The van der Waals surface area contributed by atoms with Crippen LogP contribution < -0.4 is 10.1 Å². The number of aliphatic hydroxyl groups excluding tert-OH is 1. The molecule has 0 unspecified atom stereocenters. The number of benzene rings is 2. The summed E-state index contributed by atoms with van der Waals surface area (Å²) in [5.74, 6) is 0.460. The maximum absolute atomic E-state index is 11.6. The van der Waals surface area contributed by atoms with Gasteiger partial charge in [0.1, 0.15) is 5.75 Å². The van der Waals surface area contributed by atoms with Crippen molar-refractivity contribution in [2.24, 2.45) is 0 Å². The third-order valence-electron chi connectivity index (χ3n) is 3.46. The molecule has 0 spiro atoms. The van der Waals surface area contributed by atoms with E-state index in [4.69, 9.17) is 4.74 Å². The van der Waals surface area contributed by atoms with Gasteiger partial charge in [-0.05, 0) is 29.7 Å². The van der Waals surface area contributed by atoms with Crippen LogP contribution in [0.2, 0.25) is 0 Å². The highest BCUT2D eigenvalue weighted by atomic mass is 16.5. The molecule has 104 valence electrons. The molecule has 4 heteroatoms. The molecule has 0 aromatic heterocycles. The Labute approximate surface area is 117 Å². The van der Waals surface area contributed by atoms with Crippen molar-refractivity contribution in [2.45, 2.75) is 25.5 Å². The second-order valence-electron chi connectivity index (χ2n) is 5.05. The van der Waals surface area contributed by atoms with Gasteiger partial charge in [0.15, 0.2) is 6.61 Å². The van der Waals surface area contributed by atoms with E-state index in [2.05, 4.69) is 5.32 Å². The predicted molar refractivity (Wildman–Crippen MR) is 76.5 cm³/mol. The Balaban J connectivity index is 1.77. The predicted octanol–water partition coefficient (Wildman–Crippen LogP) is 1.99. The Morgan fingerprint density at radius 2 is 2.05 bits per heavy atom. The standard InChI is InChI=1S/C16H17NO3/c18-9-14-13-4-2-1-3-11(13)5-8-15(14)20-10-16(19)17-12-6-7-12/h1-5,8,12,18H,6-7,9-10H2,(H,17,19). The topological polar surface area (TPSA) is 58.6 Å². The molecule has 1 aliphatic rings. The van der Waals surface area contributed by atoms with E-state index < -0.39 is 0 Å². The molecule has 0 radical (unpaired) electrons. The van der Waals surface area contributed by atoms with E-state index in [0.29, 0.717) is 11.8 Å². The Morgan fingerprint density at radius 1 is 1.25 bits per heavy atom. The Bertz CT molecular complexity index is 635. The van der Waals surface area contributed by atoms with Crippen molar-refractivity contribution >= 4 is 16.7 Å². The summed E-state index contributed by atoms with van der Waals surface area (Å²) in [6, 6.07) is 11.9. The number of rotatable bonds is 5. The second kappa shape index (κ2) is 5.51. The van der Waals surface area contributed by atoms with Crippen LogP contribution in [0.25, 0.3) is 10.8 Å². The van der Waals surface area contributed by atoms with Crippen molar-refractivity contribution < 1.29 is 14.6 Å². The van der Waals surface area contributed by atoms with Crippen LogP contribution in [0.15, 0.2) is 36.4 Å². The normalized spacial score (nSPS) is 14.2. The minimum atomic E-state index is -0.110. The fourth-order valence-electron chi connectivity index (χ4n) is 2.25. The number of amides is 1. The average Bonchev–Trinajstić information content (AvgIpc) is 3.28. The summed E-state index contributed by atoms with van der Waals surface area (Å²) in [7, 11) is 0. The molecule has 1 saturated carbocycles. The highest BCUT2D eigenvalue weighted by Gasteiger charge is 2.23. The van der Waals surface area contributed by atoms with E-state index in [1.807, 2.05) is 30.3 Å². The van der Waals surface area contributed by atoms with Crippen LogP contribution in [0.1, 0.15) is 18.4 Å². The largest absolute Gasteiger partial charge is 0.483 e. The first-order chi connectivity index (χ1) is 9.78. The molecule has 0 saturated heterocycles. The molecule has 0 bridgehead atoms. The van der Waals surface area contributed by atoms with Gasteiger partial charge in [-0.1, -0.05) is 30.3 Å². The van der Waals surface area contributed by atoms with Crippen molar-refractivity contribution in [3.05, 3.63) is 42.0 Å². The molecule has 0 atom stereocenters. The molecule has 2 aromatic rings. The zero-order valence-corrected chi connectivity index (χ0v) is 11.1. The summed E-state index contributed by atoms with van der Waals surface area (Å²) in [5.41, 5.74) is 0.724. The van der Waals surface area contributed by atoms with Gasteiger partial charge in [0.05, 0.1) is 6.61 Å². The van der Waals surface area contributed by atoms with E-state index in [9.17, 15) is 9.90 Å². The van der Waals surface area contributed by atoms with E-state index in [-0.39, 0.29) is 19.1 Å². The highest BCUT2D eigenvalue weighted by Crippen LogP contribution is 2.28. The molecule has 1 amide bonds. The number of hydrogen-bond acceptors (Lipinski definition) is 3. The summed E-state index contributed by atoms with van der Waals surface area (Å²) < 4.78 is 5.55. The van der Waals surface area contributed by atoms with Crippen LogP contribution in [0.3, 0.4) is 0 Å². The first-order valence-corrected chi connectivity index (χ1v) is 6.81. The molecule has 20 heavy (non-hydrogen) atoms. The minimum Gasteiger partial charge on any atom is -0.483 e. The van der Waals surface area contributed by atoms with Crippen molar-refractivity contribution in [1.29, 1.82) is 0 Å². The monoisotopic (exact) mass is 271 g/mol. The third-order valence-corrected chi connectivity index (χ3v) is 3.46. The first kappa shape index (κ1) is 12.9. The van der Waals surface area contributed by atoms with Gasteiger partial charge in [-0.15, -0.1) is 0 Å². The number of nitrogens with one attached hydrogen (secondary N) is 1. The lowest BCUT2D eigenvalue weighted by atomic mass is 10.0. The highest BCUT2D eigenvalue weighted by molar-refractivity contribution is 5.87. The molecule has 1 aliphatic carbocycles. The van der Waals surface area contributed by atoms with Gasteiger partial charge in [-0.25, -0.2) is 0 Å². The van der Waals surface area contributed by atoms with E-state index in [0.717, 1.165) is 29.2 Å².